The van der Waals surface area contributed by atoms with Crippen LogP contribution in [0, 0.1) is 17.8 Å². The number of hydrogen-bond donors (Lipinski definition) is 7. The summed E-state index contributed by atoms with van der Waals surface area (Å²) in [6.07, 6.45) is -0.984. The number of nitrogens with one attached hydrogen (secondary N) is 1. The highest BCUT2D eigenvalue weighted by atomic mass is 16.7. The number of cyclic esters (lactones) is 1. The number of likely N-dealkylation sites (N-methyl/N-ethyl adjacent to an activating group) is 2. The number of hydrogen-bond acceptors (Lipinski definition) is 15. The summed E-state index contributed by atoms with van der Waals surface area (Å²) < 4.78 is 20.5. The van der Waals surface area contributed by atoms with E-state index < -0.39 is 77.9 Å². The van der Waals surface area contributed by atoms with Crippen molar-refractivity contribution in [2.75, 3.05) is 20.6 Å². The number of hydroxylamine groups is 1. The summed E-state index contributed by atoms with van der Waals surface area (Å²) in [6, 6.07) is 7.04. The van der Waals surface area contributed by atoms with E-state index in [0.717, 1.165) is 36.1 Å². The fraction of sp³-hybridized carbons (Fsp3) is 0.778. The third kappa shape index (κ3) is 13.2. The molecule has 2 fully saturated rings. The van der Waals surface area contributed by atoms with Gasteiger partial charge in [-0.1, -0.05) is 57.0 Å². The highest BCUT2D eigenvalue weighted by molar-refractivity contribution is 5.74. The molecule has 2 saturated heterocycles. The summed E-state index contributed by atoms with van der Waals surface area (Å²) in [6.45, 7) is 15.3. The standard InChI is InChI=1S/C45H76N6O11/c1-11-36-45(8,58)40(55)31(6)49(9)24-27(2)23-44(7,57)41(29(4)38(53)30(5)42(56)61-36)62-43-39(54)35(21-28(3)60-43)50(10)25-32-17-16-18-33(22-32)34-26-51(48-46-34)20-15-13-12-14-19-37(52)47-59/h16-18,22,26-31,35-36,38-41,43,53-55,57-59H,11-15,19-21,23-25H2,1-10H3,(H,47,52)/t27-,28-,29+,30-,31-,35+,36-,38+,39-,40-,41-,43+,44-,45-/m1/s1. The molecular weight excluding hydrogens is 801 g/mol. The van der Waals surface area contributed by atoms with Crippen molar-refractivity contribution < 1.29 is 54.5 Å². The molecule has 4 rings (SSSR count). The Morgan fingerprint density at radius 1 is 1.05 bits per heavy atom. The number of esters is 1. The number of aromatic nitrogens is 3. The van der Waals surface area contributed by atoms with Crippen LogP contribution < -0.4 is 5.48 Å². The number of ether oxygens (including phenoxy) is 3. The molecule has 7 N–H and O–H groups in total. The number of aliphatic hydroxyl groups excluding tert-OH is 3. The quantitative estimate of drug-likeness (QED) is 0.0625. The van der Waals surface area contributed by atoms with Crippen molar-refractivity contribution in [3.05, 3.63) is 36.0 Å². The number of nitrogens with zero attached hydrogens (tertiary/aromatic N) is 5. The topological polar surface area (TPSA) is 232 Å². The number of benzene rings is 1. The van der Waals surface area contributed by atoms with E-state index in [1.165, 1.54) is 13.8 Å². The zero-order valence-electron chi connectivity index (χ0n) is 38.6. The van der Waals surface area contributed by atoms with Crippen molar-refractivity contribution in [3.63, 3.8) is 0 Å². The lowest BCUT2D eigenvalue weighted by Gasteiger charge is -2.47. The minimum absolute atomic E-state index is 0.159. The fourth-order valence-electron chi connectivity index (χ4n) is 9.40. The van der Waals surface area contributed by atoms with E-state index in [1.807, 2.05) is 68.0 Å². The summed E-state index contributed by atoms with van der Waals surface area (Å²) >= 11 is 0. The Bertz CT molecular complexity index is 1710. The monoisotopic (exact) mass is 877 g/mol. The minimum Gasteiger partial charge on any atom is -0.459 e. The number of carbonyl (C=O) groups is 2. The number of aliphatic hydroxyl groups is 5. The number of unbranched alkanes of at least 4 members (excludes halogenated alkanes) is 3. The lowest BCUT2D eigenvalue weighted by molar-refractivity contribution is -0.300. The molecule has 0 unspecified atom stereocenters. The van der Waals surface area contributed by atoms with Gasteiger partial charge in [0.1, 0.15) is 29.6 Å². The molecule has 62 heavy (non-hydrogen) atoms. The minimum atomic E-state index is -1.79. The van der Waals surface area contributed by atoms with Crippen LogP contribution in [0.1, 0.15) is 112 Å². The summed E-state index contributed by atoms with van der Waals surface area (Å²) in [5.74, 6) is -3.26. The van der Waals surface area contributed by atoms with E-state index in [2.05, 4.69) is 15.2 Å². The Kier molecular flexibility index (Phi) is 18.9. The van der Waals surface area contributed by atoms with Crippen LogP contribution >= 0.6 is 0 Å². The first-order valence-corrected chi connectivity index (χ1v) is 22.4. The lowest BCUT2D eigenvalue weighted by Crippen LogP contribution is -2.59. The Morgan fingerprint density at radius 3 is 2.42 bits per heavy atom. The van der Waals surface area contributed by atoms with Gasteiger partial charge in [-0.15, -0.1) is 5.10 Å². The van der Waals surface area contributed by atoms with Crippen LogP contribution in [-0.4, -0.2) is 154 Å². The van der Waals surface area contributed by atoms with Gasteiger partial charge in [0.15, 0.2) is 6.29 Å². The summed E-state index contributed by atoms with van der Waals surface area (Å²) in [7, 11) is 3.76. The Labute approximate surface area is 367 Å². The van der Waals surface area contributed by atoms with Crippen LogP contribution in [0.3, 0.4) is 0 Å². The van der Waals surface area contributed by atoms with Gasteiger partial charge in [-0.05, 0) is 98.4 Å². The van der Waals surface area contributed by atoms with Gasteiger partial charge in [0, 0.05) is 49.6 Å². The van der Waals surface area contributed by atoms with Crippen molar-refractivity contribution in [1.82, 2.24) is 30.3 Å². The molecule has 0 aliphatic carbocycles. The predicted molar refractivity (Wildman–Crippen MR) is 231 cm³/mol. The summed E-state index contributed by atoms with van der Waals surface area (Å²) in [4.78, 5) is 28.8. The van der Waals surface area contributed by atoms with Crippen LogP contribution in [0.2, 0.25) is 0 Å². The zero-order valence-corrected chi connectivity index (χ0v) is 38.6. The lowest BCUT2D eigenvalue weighted by atomic mass is 9.78. The molecule has 3 heterocycles. The van der Waals surface area contributed by atoms with Crippen molar-refractivity contribution >= 4 is 11.9 Å². The molecular formula is C45H76N6O11. The number of aryl methyl sites for hydroxylation is 1. The summed E-state index contributed by atoms with van der Waals surface area (Å²) in [5, 5.41) is 76.3. The van der Waals surface area contributed by atoms with E-state index in [1.54, 1.807) is 33.2 Å². The average Bonchev–Trinajstić information content (AvgIpc) is 3.70. The Morgan fingerprint density at radius 2 is 1.74 bits per heavy atom. The zero-order chi connectivity index (χ0) is 46.1. The molecule has 0 radical (unpaired) electrons. The van der Waals surface area contributed by atoms with Gasteiger partial charge in [-0.25, -0.2) is 5.48 Å². The predicted octanol–water partition coefficient (Wildman–Crippen LogP) is 3.26. The number of amides is 1. The Balaban J connectivity index is 1.50. The van der Waals surface area contributed by atoms with Crippen LogP contribution in [-0.2, 0) is 36.9 Å². The second-order valence-corrected chi connectivity index (χ2v) is 18.8. The molecule has 2 aromatic rings. The highest BCUT2D eigenvalue weighted by Crippen LogP contribution is 2.37. The molecule has 0 saturated carbocycles. The summed E-state index contributed by atoms with van der Waals surface area (Å²) in [5.41, 5.74) is 0.905. The van der Waals surface area contributed by atoms with Crippen LogP contribution in [0.25, 0.3) is 11.3 Å². The maximum atomic E-state index is 13.6. The van der Waals surface area contributed by atoms with Gasteiger partial charge in [0.2, 0.25) is 5.91 Å². The van der Waals surface area contributed by atoms with Crippen LogP contribution in [0.5, 0.6) is 0 Å². The van der Waals surface area contributed by atoms with E-state index in [9.17, 15) is 35.1 Å². The third-order valence-corrected chi connectivity index (χ3v) is 13.2. The van der Waals surface area contributed by atoms with Crippen LogP contribution in [0.4, 0.5) is 0 Å². The first-order valence-electron chi connectivity index (χ1n) is 22.4. The van der Waals surface area contributed by atoms with Gasteiger partial charge in [-0.2, -0.15) is 0 Å². The number of rotatable bonds is 14. The molecule has 352 valence electrons. The molecule has 0 spiro atoms. The van der Waals surface area contributed by atoms with E-state index in [-0.39, 0.29) is 30.8 Å². The van der Waals surface area contributed by atoms with Gasteiger partial charge in [0.05, 0.1) is 36.0 Å². The second kappa shape index (κ2) is 22.7. The number of carbonyl (C=O) groups excluding carboxylic acids is 2. The van der Waals surface area contributed by atoms with E-state index in [0.29, 0.717) is 38.9 Å². The molecule has 2 aliphatic rings. The maximum Gasteiger partial charge on any atom is 0.311 e. The molecule has 0 bridgehead atoms. The molecule has 17 nitrogen and oxygen atoms in total. The molecule has 2 aliphatic heterocycles. The van der Waals surface area contributed by atoms with Gasteiger partial charge in [-0.3, -0.25) is 24.4 Å². The fourth-order valence-corrected chi connectivity index (χ4v) is 9.40. The van der Waals surface area contributed by atoms with Crippen molar-refractivity contribution in [2.24, 2.45) is 17.8 Å². The molecule has 14 atom stereocenters. The van der Waals surface area contributed by atoms with Crippen molar-refractivity contribution in [3.8, 4) is 11.3 Å². The highest BCUT2D eigenvalue weighted by Gasteiger charge is 2.50. The third-order valence-electron chi connectivity index (χ3n) is 13.2. The van der Waals surface area contributed by atoms with E-state index in [4.69, 9.17) is 19.4 Å². The molecule has 1 amide bonds. The Hall–Kier alpha value is -3.10. The average molecular weight is 877 g/mol. The smallest absolute Gasteiger partial charge is 0.311 e. The largest absolute Gasteiger partial charge is 0.459 e. The normalized spacial score (nSPS) is 35.9. The first-order chi connectivity index (χ1) is 29.1. The maximum absolute atomic E-state index is 13.6. The SMILES string of the molecule is CC[C@H]1OC(=O)[C@H](C)[C@@H](O)[C@H](C)[C@@H](O[C@@H]2O[C@H](C)C[C@H](N(C)Cc3cccc(-c4cn(CCCCCCC(=O)NO)nn4)c3)[C@H]2O)[C@](C)(O)C[C@@H](C)CN(C)[C@H](C)[C@@H](O)[C@]1(C)O. The van der Waals surface area contributed by atoms with Gasteiger partial charge in [0.25, 0.3) is 0 Å². The van der Waals surface area contributed by atoms with Gasteiger partial charge < -0.3 is 44.6 Å². The van der Waals surface area contributed by atoms with Crippen molar-refractivity contribution in [2.45, 2.75) is 186 Å². The second-order valence-electron chi connectivity index (χ2n) is 18.8. The van der Waals surface area contributed by atoms with Gasteiger partial charge >= 0.3 is 5.97 Å². The first kappa shape index (κ1) is 51.5. The van der Waals surface area contributed by atoms with E-state index >= 15 is 0 Å². The van der Waals surface area contributed by atoms with Crippen molar-refractivity contribution in [1.29, 1.82) is 0 Å². The molecule has 1 aromatic heterocycles. The van der Waals surface area contributed by atoms with Crippen LogP contribution in [0.15, 0.2) is 30.5 Å². The molecule has 1 aromatic carbocycles. The molecule has 17 heteroatoms.